The Labute approximate surface area is 171 Å². The van der Waals surface area contributed by atoms with Crippen molar-refractivity contribution in [2.24, 2.45) is 7.05 Å². The van der Waals surface area contributed by atoms with Crippen LogP contribution in [0, 0.1) is 11.3 Å². The monoisotopic (exact) mass is 428 g/mol. The molecule has 0 saturated carbocycles. The van der Waals surface area contributed by atoms with Crippen LogP contribution in [0.1, 0.15) is 5.69 Å². The smallest absolute Gasteiger partial charge is 0.312 e. The van der Waals surface area contributed by atoms with E-state index >= 15 is 0 Å². The first-order valence-corrected chi connectivity index (χ1v) is 8.88. The van der Waals surface area contributed by atoms with E-state index in [1.165, 1.54) is 22.8 Å². The zero-order chi connectivity index (χ0) is 20.9. The standard InChI is InChI=1S/C18H10Cl2N6O3/c1-24-13-4-5-25(14(13)2-3-15(24)27)16-10(19)6-9(7-11(16)20)26-18(29)22-17(28)12(8-21)23-26/h2-7H,1H3,(H,22,28,29). The molecular weight excluding hydrogens is 419 g/mol. The van der Waals surface area contributed by atoms with E-state index in [9.17, 15) is 14.4 Å². The molecule has 0 aliphatic carbocycles. The predicted molar refractivity (Wildman–Crippen MR) is 107 cm³/mol. The SMILES string of the molecule is Cn1c(=O)ccc2c1ccn2-c1c(Cl)cc(-n2nc(C#N)c(=O)[nH]c2=O)cc1Cl. The molecule has 4 rings (SSSR count). The van der Waals surface area contributed by atoms with Gasteiger partial charge in [-0.1, -0.05) is 23.2 Å². The van der Waals surface area contributed by atoms with Crippen LogP contribution in [0.2, 0.25) is 10.0 Å². The van der Waals surface area contributed by atoms with Gasteiger partial charge in [0.25, 0.3) is 11.1 Å². The van der Waals surface area contributed by atoms with Crippen LogP contribution in [0.5, 0.6) is 0 Å². The summed E-state index contributed by atoms with van der Waals surface area (Å²) in [6.07, 6.45) is 1.72. The van der Waals surface area contributed by atoms with Crippen molar-refractivity contribution >= 4 is 34.2 Å². The van der Waals surface area contributed by atoms with Crippen molar-refractivity contribution in [1.82, 2.24) is 23.9 Å². The van der Waals surface area contributed by atoms with E-state index in [0.29, 0.717) is 16.7 Å². The molecule has 11 heteroatoms. The minimum Gasteiger partial charge on any atom is -0.312 e. The fourth-order valence-electron chi connectivity index (χ4n) is 3.01. The largest absolute Gasteiger partial charge is 0.349 e. The molecule has 3 heterocycles. The van der Waals surface area contributed by atoms with Gasteiger partial charge < -0.3 is 9.13 Å². The maximum Gasteiger partial charge on any atom is 0.349 e. The number of rotatable bonds is 2. The number of nitrogens with zero attached hydrogens (tertiary/aromatic N) is 5. The van der Waals surface area contributed by atoms with E-state index in [0.717, 1.165) is 4.68 Å². The third kappa shape index (κ3) is 2.95. The molecule has 0 unspecified atom stereocenters. The van der Waals surface area contributed by atoms with Crippen LogP contribution < -0.4 is 16.8 Å². The highest BCUT2D eigenvalue weighted by Crippen LogP contribution is 2.33. The number of aromatic nitrogens is 5. The molecule has 0 atom stereocenters. The molecule has 29 heavy (non-hydrogen) atoms. The maximum absolute atomic E-state index is 12.1. The number of aromatic amines is 1. The zero-order valence-electron chi connectivity index (χ0n) is 14.7. The number of hydrogen-bond acceptors (Lipinski definition) is 5. The van der Waals surface area contributed by atoms with Crippen LogP contribution in [0.25, 0.3) is 22.4 Å². The summed E-state index contributed by atoms with van der Waals surface area (Å²) in [6.45, 7) is 0. The Hall–Kier alpha value is -3.61. The van der Waals surface area contributed by atoms with Gasteiger partial charge in [0, 0.05) is 19.3 Å². The molecule has 4 aromatic rings. The second kappa shape index (κ2) is 6.77. The number of pyridine rings is 1. The fraction of sp³-hybridized carbons (Fsp3) is 0.0556. The molecule has 1 aromatic carbocycles. The van der Waals surface area contributed by atoms with Gasteiger partial charge in [-0.3, -0.25) is 14.6 Å². The number of H-pyrrole nitrogens is 1. The third-order valence-electron chi connectivity index (χ3n) is 4.40. The van der Waals surface area contributed by atoms with Crippen molar-refractivity contribution < 1.29 is 0 Å². The second-order valence-electron chi connectivity index (χ2n) is 6.08. The van der Waals surface area contributed by atoms with Gasteiger partial charge in [-0.15, -0.1) is 5.10 Å². The third-order valence-corrected chi connectivity index (χ3v) is 4.98. The summed E-state index contributed by atoms with van der Waals surface area (Å²) in [5, 5.41) is 13.1. The van der Waals surface area contributed by atoms with E-state index in [4.69, 9.17) is 28.5 Å². The summed E-state index contributed by atoms with van der Waals surface area (Å²) < 4.78 is 4.04. The fourth-order valence-corrected chi connectivity index (χ4v) is 3.67. The zero-order valence-corrected chi connectivity index (χ0v) is 16.2. The summed E-state index contributed by atoms with van der Waals surface area (Å²) in [5.41, 5.74) is -0.352. The minimum absolute atomic E-state index is 0.153. The lowest BCUT2D eigenvalue weighted by molar-refractivity contribution is 0.740. The summed E-state index contributed by atoms with van der Waals surface area (Å²) in [4.78, 5) is 37.5. The van der Waals surface area contributed by atoms with Crippen molar-refractivity contribution in [2.75, 3.05) is 0 Å². The first-order chi connectivity index (χ1) is 13.8. The van der Waals surface area contributed by atoms with Crippen molar-refractivity contribution in [3.05, 3.63) is 83.5 Å². The molecule has 0 radical (unpaired) electrons. The van der Waals surface area contributed by atoms with Crippen LogP contribution in [0.15, 0.2) is 50.9 Å². The number of nitrogens with one attached hydrogen (secondary N) is 1. The number of benzene rings is 1. The number of fused-ring (bicyclic) bond motifs is 1. The van der Waals surface area contributed by atoms with Crippen LogP contribution >= 0.6 is 23.2 Å². The summed E-state index contributed by atoms with van der Waals surface area (Å²) in [6, 6.07) is 9.33. The summed E-state index contributed by atoms with van der Waals surface area (Å²) in [5.74, 6) is 0. The Morgan fingerprint density at radius 2 is 1.76 bits per heavy atom. The molecule has 0 fully saturated rings. The van der Waals surface area contributed by atoms with E-state index in [1.807, 2.05) is 4.98 Å². The highest BCUT2D eigenvalue weighted by molar-refractivity contribution is 6.38. The van der Waals surface area contributed by atoms with Crippen molar-refractivity contribution in [3.63, 3.8) is 0 Å². The molecule has 0 bridgehead atoms. The lowest BCUT2D eigenvalue weighted by Crippen LogP contribution is -2.33. The van der Waals surface area contributed by atoms with Gasteiger partial charge in [0.15, 0.2) is 0 Å². The van der Waals surface area contributed by atoms with E-state index in [-0.39, 0.29) is 21.3 Å². The lowest BCUT2D eigenvalue weighted by atomic mass is 10.2. The second-order valence-corrected chi connectivity index (χ2v) is 6.89. The highest BCUT2D eigenvalue weighted by Gasteiger charge is 2.16. The van der Waals surface area contributed by atoms with Gasteiger partial charge in [0.2, 0.25) is 5.69 Å². The van der Waals surface area contributed by atoms with E-state index in [1.54, 1.807) is 36.0 Å². The molecule has 3 aromatic heterocycles. The number of aryl methyl sites for hydroxylation is 1. The molecule has 0 aliphatic heterocycles. The van der Waals surface area contributed by atoms with Crippen LogP contribution in [-0.2, 0) is 7.05 Å². The van der Waals surface area contributed by atoms with Crippen molar-refractivity contribution in [3.8, 4) is 17.4 Å². The van der Waals surface area contributed by atoms with Crippen LogP contribution in [0.4, 0.5) is 0 Å². The number of nitriles is 1. The summed E-state index contributed by atoms with van der Waals surface area (Å²) >= 11 is 12.9. The molecule has 0 amide bonds. The van der Waals surface area contributed by atoms with Gasteiger partial charge >= 0.3 is 5.69 Å². The number of halogens is 2. The van der Waals surface area contributed by atoms with Gasteiger partial charge in [0.1, 0.15) is 6.07 Å². The average Bonchev–Trinajstić information content (AvgIpc) is 3.08. The van der Waals surface area contributed by atoms with E-state index < -0.39 is 16.9 Å². The lowest BCUT2D eigenvalue weighted by Gasteiger charge is -2.13. The Bertz CT molecular complexity index is 1500. The first-order valence-electron chi connectivity index (χ1n) is 8.12. The quantitative estimate of drug-likeness (QED) is 0.521. The molecular formula is C18H10Cl2N6O3. The van der Waals surface area contributed by atoms with Crippen molar-refractivity contribution in [2.45, 2.75) is 0 Å². The summed E-state index contributed by atoms with van der Waals surface area (Å²) in [7, 11) is 1.66. The molecule has 1 N–H and O–H groups in total. The van der Waals surface area contributed by atoms with Gasteiger partial charge in [-0.05, 0) is 24.3 Å². The maximum atomic E-state index is 12.1. The topological polar surface area (TPSA) is 118 Å². The molecule has 0 spiro atoms. The predicted octanol–water partition coefficient (Wildman–Crippen LogP) is 1.74. The minimum atomic E-state index is -0.882. The van der Waals surface area contributed by atoms with Gasteiger partial charge in [-0.25, -0.2) is 4.79 Å². The van der Waals surface area contributed by atoms with Crippen molar-refractivity contribution in [1.29, 1.82) is 5.26 Å². The normalized spacial score (nSPS) is 11.0. The molecule has 0 saturated heterocycles. The molecule has 144 valence electrons. The number of hydrogen-bond donors (Lipinski definition) is 1. The first kappa shape index (κ1) is 18.7. The molecule has 9 nitrogen and oxygen atoms in total. The Balaban J connectivity index is 1.94. The van der Waals surface area contributed by atoms with Gasteiger partial charge in [0.05, 0.1) is 32.5 Å². The van der Waals surface area contributed by atoms with E-state index in [2.05, 4.69) is 5.10 Å². The van der Waals surface area contributed by atoms with Gasteiger partial charge in [-0.2, -0.15) is 9.94 Å². The highest BCUT2D eigenvalue weighted by atomic mass is 35.5. The Morgan fingerprint density at radius 1 is 1.07 bits per heavy atom. The Kier molecular flexibility index (Phi) is 4.38. The molecule has 0 aliphatic rings. The Morgan fingerprint density at radius 3 is 2.41 bits per heavy atom. The van der Waals surface area contributed by atoms with Crippen LogP contribution in [0.3, 0.4) is 0 Å². The van der Waals surface area contributed by atoms with Crippen LogP contribution in [-0.4, -0.2) is 23.9 Å². The average molecular weight is 429 g/mol.